The molecule has 0 aromatic heterocycles. The van der Waals surface area contributed by atoms with Gasteiger partial charge in [-0.1, -0.05) is 12.1 Å². The highest BCUT2D eigenvalue weighted by Gasteiger charge is 2.03. The summed E-state index contributed by atoms with van der Waals surface area (Å²) in [5.74, 6) is 0.706. The Morgan fingerprint density at radius 1 is 1.54 bits per heavy atom. The first-order chi connectivity index (χ1) is 6.33. The van der Waals surface area contributed by atoms with Crippen LogP contribution in [0.4, 0.5) is 0 Å². The van der Waals surface area contributed by atoms with Crippen molar-refractivity contribution in [2.45, 2.75) is 6.10 Å². The lowest BCUT2D eigenvalue weighted by Gasteiger charge is -2.10. The molecule has 1 N–H and O–H groups in total. The molecular weight excluding hydrogens is 168 g/mol. The molecule has 1 aromatic carbocycles. The standard InChI is InChI=1S/C10H13O3/c1-12-7-9(11)8-13-10-5-3-2-4-6-10/h2-3,5-6,9,11H,7-8H2,1H3. The summed E-state index contributed by atoms with van der Waals surface area (Å²) in [5.41, 5.74) is 0. The van der Waals surface area contributed by atoms with Gasteiger partial charge in [0.15, 0.2) is 0 Å². The van der Waals surface area contributed by atoms with Gasteiger partial charge in [0.2, 0.25) is 0 Å². The number of methoxy groups -OCH3 is 1. The van der Waals surface area contributed by atoms with E-state index in [2.05, 4.69) is 6.07 Å². The van der Waals surface area contributed by atoms with Crippen molar-refractivity contribution in [3.05, 3.63) is 30.3 Å². The number of ether oxygens (including phenoxy) is 2. The second kappa shape index (κ2) is 5.56. The number of aliphatic hydroxyl groups is 1. The number of hydrogen-bond donors (Lipinski definition) is 1. The second-order valence-corrected chi connectivity index (χ2v) is 2.66. The predicted molar refractivity (Wildman–Crippen MR) is 48.7 cm³/mol. The van der Waals surface area contributed by atoms with Crippen molar-refractivity contribution < 1.29 is 14.6 Å². The SMILES string of the molecule is COCC(O)COc1c[c]ccc1. The highest BCUT2D eigenvalue weighted by atomic mass is 16.5. The minimum atomic E-state index is -0.579. The Morgan fingerprint density at radius 2 is 2.38 bits per heavy atom. The fourth-order valence-corrected chi connectivity index (χ4v) is 0.900. The Balaban J connectivity index is 2.27. The van der Waals surface area contributed by atoms with Gasteiger partial charge in [0.1, 0.15) is 18.5 Å². The fourth-order valence-electron chi connectivity index (χ4n) is 0.900. The monoisotopic (exact) mass is 181 g/mol. The predicted octanol–water partition coefficient (Wildman–Crippen LogP) is 0.873. The highest BCUT2D eigenvalue weighted by molar-refractivity contribution is 5.19. The third-order valence-corrected chi connectivity index (χ3v) is 1.48. The minimum absolute atomic E-state index is 0.242. The number of benzene rings is 1. The molecule has 0 saturated carbocycles. The van der Waals surface area contributed by atoms with E-state index in [1.807, 2.05) is 12.1 Å². The van der Waals surface area contributed by atoms with Crippen LogP contribution < -0.4 is 4.74 Å². The number of aliphatic hydroxyl groups excluding tert-OH is 1. The van der Waals surface area contributed by atoms with Gasteiger partial charge in [-0.05, 0) is 18.2 Å². The maximum atomic E-state index is 9.25. The molecule has 1 aromatic rings. The molecule has 71 valence electrons. The van der Waals surface area contributed by atoms with E-state index >= 15 is 0 Å². The lowest BCUT2D eigenvalue weighted by molar-refractivity contribution is 0.0325. The first-order valence-electron chi connectivity index (χ1n) is 4.09. The van der Waals surface area contributed by atoms with Gasteiger partial charge in [-0.3, -0.25) is 0 Å². The van der Waals surface area contributed by atoms with Crippen molar-refractivity contribution in [1.82, 2.24) is 0 Å². The zero-order chi connectivity index (χ0) is 9.52. The Labute approximate surface area is 77.9 Å². The molecule has 0 saturated heterocycles. The van der Waals surface area contributed by atoms with Crippen molar-refractivity contribution in [2.24, 2.45) is 0 Å². The van der Waals surface area contributed by atoms with E-state index in [-0.39, 0.29) is 13.2 Å². The van der Waals surface area contributed by atoms with E-state index in [0.29, 0.717) is 5.75 Å². The van der Waals surface area contributed by atoms with Gasteiger partial charge in [0.05, 0.1) is 6.61 Å². The van der Waals surface area contributed by atoms with E-state index in [1.54, 1.807) is 19.2 Å². The van der Waals surface area contributed by atoms with Crippen LogP contribution in [0.2, 0.25) is 0 Å². The molecule has 3 nitrogen and oxygen atoms in total. The second-order valence-electron chi connectivity index (χ2n) is 2.66. The summed E-state index contributed by atoms with van der Waals surface area (Å²) >= 11 is 0. The maximum absolute atomic E-state index is 9.25. The molecule has 0 aliphatic rings. The van der Waals surface area contributed by atoms with Crippen LogP contribution in [0.15, 0.2) is 24.3 Å². The zero-order valence-corrected chi connectivity index (χ0v) is 7.56. The molecule has 0 aliphatic carbocycles. The minimum Gasteiger partial charge on any atom is -0.491 e. The topological polar surface area (TPSA) is 38.7 Å². The van der Waals surface area contributed by atoms with Gasteiger partial charge in [-0.25, -0.2) is 0 Å². The largest absolute Gasteiger partial charge is 0.491 e. The summed E-state index contributed by atoms with van der Waals surface area (Å²) in [5, 5.41) is 9.25. The number of rotatable bonds is 5. The molecule has 1 rings (SSSR count). The van der Waals surface area contributed by atoms with Gasteiger partial charge < -0.3 is 14.6 Å². The Kier molecular flexibility index (Phi) is 4.29. The summed E-state index contributed by atoms with van der Waals surface area (Å²) in [4.78, 5) is 0. The normalized spacial score (nSPS) is 12.5. The Hall–Kier alpha value is -1.06. The summed E-state index contributed by atoms with van der Waals surface area (Å²) < 4.78 is 10.0. The molecule has 13 heavy (non-hydrogen) atoms. The fraction of sp³-hybridized carbons (Fsp3) is 0.400. The van der Waals surface area contributed by atoms with Crippen LogP contribution in [0.3, 0.4) is 0 Å². The van der Waals surface area contributed by atoms with Crippen LogP contribution in [-0.4, -0.2) is 31.5 Å². The van der Waals surface area contributed by atoms with Crippen LogP contribution in [0.25, 0.3) is 0 Å². The third kappa shape index (κ3) is 3.92. The molecule has 1 radical (unpaired) electrons. The molecule has 0 amide bonds. The van der Waals surface area contributed by atoms with Crippen molar-refractivity contribution in [3.8, 4) is 5.75 Å². The molecular formula is C10H13O3. The quantitative estimate of drug-likeness (QED) is 0.732. The average molecular weight is 181 g/mol. The molecule has 3 heteroatoms. The van der Waals surface area contributed by atoms with Crippen LogP contribution >= 0.6 is 0 Å². The van der Waals surface area contributed by atoms with Gasteiger partial charge in [-0.15, -0.1) is 0 Å². The van der Waals surface area contributed by atoms with Crippen molar-refractivity contribution >= 4 is 0 Å². The smallest absolute Gasteiger partial charge is 0.120 e. The van der Waals surface area contributed by atoms with Crippen LogP contribution in [0.1, 0.15) is 0 Å². The van der Waals surface area contributed by atoms with Gasteiger partial charge in [0, 0.05) is 7.11 Å². The third-order valence-electron chi connectivity index (χ3n) is 1.48. The average Bonchev–Trinajstić information content (AvgIpc) is 2.17. The molecule has 0 heterocycles. The summed E-state index contributed by atoms with van der Waals surface area (Å²) in [7, 11) is 1.54. The molecule has 0 aliphatic heterocycles. The van der Waals surface area contributed by atoms with E-state index in [1.165, 1.54) is 0 Å². The van der Waals surface area contributed by atoms with Gasteiger partial charge in [0.25, 0.3) is 0 Å². The summed E-state index contributed by atoms with van der Waals surface area (Å²) in [6.07, 6.45) is -0.579. The van der Waals surface area contributed by atoms with Crippen LogP contribution in [-0.2, 0) is 4.74 Å². The molecule has 0 spiro atoms. The number of hydrogen-bond acceptors (Lipinski definition) is 3. The van der Waals surface area contributed by atoms with Crippen LogP contribution in [0, 0.1) is 6.07 Å². The highest BCUT2D eigenvalue weighted by Crippen LogP contribution is 2.07. The van der Waals surface area contributed by atoms with E-state index in [0.717, 1.165) is 0 Å². The Bertz CT molecular complexity index is 223. The zero-order valence-electron chi connectivity index (χ0n) is 7.56. The molecule has 0 fully saturated rings. The van der Waals surface area contributed by atoms with Crippen LogP contribution in [0.5, 0.6) is 5.75 Å². The maximum Gasteiger partial charge on any atom is 0.120 e. The van der Waals surface area contributed by atoms with E-state index < -0.39 is 6.10 Å². The first kappa shape index (κ1) is 10.0. The summed E-state index contributed by atoms with van der Waals surface area (Å²) in [6.45, 7) is 0.530. The van der Waals surface area contributed by atoms with Gasteiger partial charge in [-0.2, -0.15) is 0 Å². The van der Waals surface area contributed by atoms with Crippen molar-refractivity contribution in [1.29, 1.82) is 0 Å². The first-order valence-corrected chi connectivity index (χ1v) is 4.09. The molecule has 1 atom stereocenters. The summed E-state index contributed by atoms with van der Waals surface area (Å²) in [6, 6.07) is 10.0. The Morgan fingerprint density at radius 3 is 3.00 bits per heavy atom. The molecule has 1 unspecified atom stereocenters. The van der Waals surface area contributed by atoms with E-state index in [4.69, 9.17) is 9.47 Å². The van der Waals surface area contributed by atoms with Crippen molar-refractivity contribution in [3.63, 3.8) is 0 Å². The van der Waals surface area contributed by atoms with Crippen molar-refractivity contribution in [2.75, 3.05) is 20.3 Å². The van der Waals surface area contributed by atoms with Gasteiger partial charge >= 0.3 is 0 Å². The molecule has 0 bridgehead atoms. The lowest BCUT2D eigenvalue weighted by atomic mass is 10.3. The van der Waals surface area contributed by atoms with E-state index in [9.17, 15) is 5.11 Å². The lowest BCUT2D eigenvalue weighted by Crippen LogP contribution is -2.22.